The van der Waals surface area contributed by atoms with Crippen LogP contribution in [0.2, 0.25) is 0 Å². The van der Waals surface area contributed by atoms with E-state index in [0.717, 1.165) is 12.8 Å². The number of hydrogen-bond acceptors (Lipinski definition) is 2. The van der Waals surface area contributed by atoms with E-state index < -0.39 is 0 Å². The van der Waals surface area contributed by atoms with Gasteiger partial charge in [0.25, 0.3) is 0 Å². The number of aliphatic hydroxyl groups excluding tert-OH is 1. The minimum Gasteiger partial charge on any atom is -0.392 e. The van der Waals surface area contributed by atoms with Crippen molar-refractivity contribution in [3.8, 4) is 0 Å². The fourth-order valence-corrected chi connectivity index (χ4v) is 1.09. The van der Waals surface area contributed by atoms with E-state index in [2.05, 4.69) is 0 Å². The van der Waals surface area contributed by atoms with E-state index in [1.165, 1.54) is 6.92 Å². The monoisotopic (exact) mass is 142 g/mol. The summed E-state index contributed by atoms with van der Waals surface area (Å²) in [4.78, 5) is 10.8. The Bertz CT molecular complexity index is 138. The summed E-state index contributed by atoms with van der Waals surface area (Å²) >= 11 is 0. The minimum atomic E-state index is -0.377. The first-order valence-corrected chi connectivity index (χ1v) is 3.81. The molecule has 0 aromatic carbocycles. The Hall–Kier alpha value is -0.370. The van der Waals surface area contributed by atoms with Gasteiger partial charge in [-0.2, -0.15) is 0 Å². The SMILES string of the molecule is CC(=O)[C@@H](C)[C@H](O)C1CC1. The van der Waals surface area contributed by atoms with Crippen LogP contribution in [0.1, 0.15) is 26.7 Å². The Labute approximate surface area is 61.2 Å². The van der Waals surface area contributed by atoms with E-state index in [1.807, 2.05) is 0 Å². The number of hydrogen-bond donors (Lipinski definition) is 1. The van der Waals surface area contributed by atoms with Crippen LogP contribution in [0, 0.1) is 11.8 Å². The fourth-order valence-electron chi connectivity index (χ4n) is 1.09. The van der Waals surface area contributed by atoms with Gasteiger partial charge < -0.3 is 5.11 Å². The van der Waals surface area contributed by atoms with Crippen LogP contribution in [0.5, 0.6) is 0 Å². The summed E-state index contributed by atoms with van der Waals surface area (Å²) in [6, 6.07) is 0. The Morgan fingerprint density at radius 3 is 2.40 bits per heavy atom. The van der Waals surface area contributed by atoms with Crippen molar-refractivity contribution >= 4 is 5.78 Å². The number of Topliss-reactive ketones (excluding diaryl/α,β-unsaturated/α-hetero) is 1. The zero-order chi connectivity index (χ0) is 7.72. The van der Waals surface area contributed by atoms with E-state index in [1.54, 1.807) is 6.92 Å². The van der Waals surface area contributed by atoms with E-state index in [4.69, 9.17) is 0 Å². The van der Waals surface area contributed by atoms with Gasteiger partial charge in [-0.1, -0.05) is 6.92 Å². The van der Waals surface area contributed by atoms with E-state index in [0.29, 0.717) is 5.92 Å². The molecule has 1 rings (SSSR count). The molecule has 0 aliphatic heterocycles. The van der Waals surface area contributed by atoms with E-state index in [9.17, 15) is 9.90 Å². The van der Waals surface area contributed by atoms with Gasteiger partial charge in [0.2, 0.25) is 0 Å². The van der Waals surface area contributed by atoms with Gasteiger partial charge in [-0.3, -0.25) is 4.79 Å². The molecular weight excluding hydrogens is 128 g/mol. The first kappa shape index (κ1) is 7.73. The molecule has 1 saturated carbocycles. The van der Waals surface area contributed by atoms with Gasteiger partial charge in [-0.05, 0) is 25.7 Å². The van der Waals surface area contributed by atoms with Crippen molar-refractivity contribution in [2.45, 2.75) is 32.8 Å². The van der Waals surface area contributed by atoms with Crippen LogP contribution in [-0.2, 0) is 4.79 Å². The second kappa shape index (κ2) is 2.70. The summed E-state index contributed by atoms with van der Waals surface area (Å²) in [5.74, 6) is 0.353. The normalized spacial score (nSPS) is 23.9. The van der Waals surface area contributed by atoms with Crippen LogP contribution in [0.25, 0.3) is 0 Å². The van der Waals surface area contributed by atoms with Gasteiger partial charge in [0.05, 0.1) is 6.10 Å². The summed E-state index contributed by atoms with van der Waals surface area (Å²) < 4.78 is 0. The molecule has 1 fully saturated rings. The number of carbonyl (C=O) groups is 1. The highest BCUT2D eigenvalue weighted by Crippen LogP contribution is 2.35. The smallest absolute Gasteiger partial charge is 0.135 e. The Kier molecular flexibility index (Phi) is 2.09. The topological polar surface area (TPSA) is 37.3 Å². The van der Waals surface area contributed by atoms with Crippen LogP contribution < -0.4 is 0 Å². The maximum atomic E-state index is 10.8. The average molecular weight is 142 g/mol. The third kappa shape index (κ3) is 1.57. The standard InChI is InChI=1S/C8H14O2/c1-5(6(2)9)8(10)7-3-4-7/h5,7-8,10H,3-4H2,1-2H3/t5-,8+/m1/s1. The molecule has 58 valence electrons. The number of rotatable bonds is 3. The molecule has 0 heterocycles. The molecule has 0 bridgehead atoms. The first-order chi connectivity index (χ1) is 4.63. The lowest BCUT2D eigenvalue weighted by atomic mass is 9.97. The van der Waals surface area contributed by atoms with Crippen molar-refractivity contribution in [1.29, 1.82) is 0 Å². The molecule has 1 N–H and O–H groups in total. The van der Waals surface area contributed by atoms with Crippen LogP contribution in [-0.4, -0.2) is 17.0 Å². The van der Waals surface area contributed by atoms with Gasteiger partial charge in [-0.25, -0.2) is 0 Å². The lowest BCUT2D eigenvalue weighted by Crippen LogP contribution is -2.25. The van der Waals surface area contributed by atoms with Crippen molar-refractivity contribution < 1.29 is 9.90 Å². The second-order valence-electron chi connectivity index (χ2n) is 3.23. The highest BCUT2D eigenvalue weighted by Gasteiger charge is 2.34. The van der Waals surface area contributed by atoms with Crippen molar-refractivity contribution in [2.75, 3.05) is 0 Å². The number of ketones is 1. The third-order valence-electron chi connectivity index (χ3n) is 2.26. The predicted octanol–water partition coefficient (Wildman–Crippen LogP) is 0.982. The van der Waals surface area contributed by atoms with Gasteiger partial charge in [0.15, 0.2) is 0 Å². The van der Waals surface area contributed by atoms with Crippen molar-refractivity contribution in [2.24, 2.45) is 11.8 Å². The summed E-state index contributed by atoms with van der Waals surface area (Å²) in [5, 5.41) is 9.41. The fraction of sp³-hybridized carbons (Fsp3) is 0.875. The molecule has 0 aromatic rings. The third-order valence-corrected chi connectivity index (χ3v) is 2.26. The molecular formula is C8H14O2. The van der Waals surface area contributed by atoms with Gasteiger partial charge in [-0.15, -0.1) is 0 Å². The molecule has 10 heavy (non-hydrogen) atoms. The van der Waals surface area contributed by atoms with Gasteiger partial charge in [0.1, 0.15) is 5.78 Å². The van der Waals surface area contributed by atoms with Crippen molar-refractivity contribution in [3.63, 3.8) is 0 Å². The van der Waals surface area contributed by atoms with Gasteiger partial charge >= 0.3 is 0 Å². The van der Waals surface area contributed by atoms with Crippen LogP contribution in [0.3, 0.4) is 0 Å². The molecule has 0 radical (unpaired) electrons. The highest BCUT2D eigenvalue weighted by molar-refractivity contribution is 5.78. The molecule has 1 aliphatic rings. The zero-order valence-electron chi connectivity index (χ0n) is 6.50. The molecule has 0 aromatic heterocycles. The summed E-state index contributed by atoms with van der Waals surface area (Å²) in [6.45, 7) is 3.33. The maximum Gasteiger partial charge on any atom is 0.135 e. The molecule has 0 unspecified atom stereocenters. The summed E-state index contributed by atoms with van der Waals surface area (Å²) in [7, 11) is 0. The van der Waals surface area contributed by atoms with Crippen LogP contribution in [0.4, 0.5) is 0 Å². The molecule has 1 aliphatic carbocycles. The van der Waals surface area contributed by atoms with Crippen molar-refractivity contribution in [3.05, 3.63) is 0 Å². The summed E-state index contributed by atoms with van der Waals surface area (Å²) in [6.07, 6.45) is 1.81. The average Bonchev–Trinajstić information content (AvgIpc) is 2.65. The Morgan fingerprint density at radius 1 is 1.60 bits per heavy atom. The number of carbonyl (C=O) groups excluding carboxylic acids is 1. The largest absolute Gasteiger partial charge is 0.392 e. The quantitative estimate of drug-likeness (QED) is 0.637. The lowest BCUT2D eigenvalue weighted by molar-refractivity contribution is -0.123. The molecule has 2 nitrogen and oxygen atoms in total. The summed E-state index contributed by atoms with van der Waals surface area (Å²) in [5.41, 5.74) is 0. The molecule has 2 heteroatoms. The first-order valence-electron chi connectivity index (χ1n) is 3.81. The lowest BCUT2D eigenvalue weighted by Gasteiger charge is -2.14. The number of aliphatic hydroxyl groups is 1. The Balaban J connectivity index is 2.38. The van der Waals surface area contributed by atoms with E-state index >= 15 is 0 Å². The van der Waals surface area contributed by atoms with E-state index in [-0.39, 0.29) is 17.8 Å². The molecule has 0 amide bonds. The molecule has 2 atom stereocenters. The van der Waals surface area contributed by atoms with Gasteiger partial charge in [0, 0.05) is 5.92 Å². The Morgan fingerprint density at radius 2 is 2.10 bits per heavy atom. The zero-order valence-corrected chi connectivity index (χ0v) is 6.50. The molecule has 0 spiro atoms. The van der Waals surface area contributed by atoms with Crippen LogP contribution >= 0.6 is 0 Å². The second-order valence-corrected chi connectivity index (χ2v) is 3.23. The maximum absolute atomic E-state index is 10.8. The predicted molar refractivity (Wildman–Crippen MR) is 38.6 cm³/mol. The highest BCUT2D eigenvalue weighted by atomic mass is 16.3. The van der Waals surface area contributed by atoms with Crippen molar-refractivity contribution in [1.82, 2.24) is 0 Å². The van der Waals surface area contributed by atoms with Crippen LogP contribution in [0.15, 0.2) is 0 Å². The minimum absolute atomic E-state index is 0.0967. The molecule has 0 saturated heterocycles.